The summed E-state index contributed by atoms with van der Waals surface area (Å²) in [6.07, 6.45) is 2.64. The summed E-state index contributed by atoms with van der Waals surface area (Å²) in [5, 5.41) is 6.78. The zero-order valence-electron chi connectivity index (χ0n) is 23.6. The van der Waals surface area contributed by atoms with Crippen LogP contribution in [-0.2, 0) is 21.4 Å². The Hall–Kier alpha value is -4.96. The predicted octanol–water partition coefficient (Wildman–Crippen LogP) is 5.05. The van der Waals surface area contributed by atoms with Crippen molar-refractivity contribution >= 4 is 39.4 Å². The molecule has 9 nitrogen and oxygen atoms in total. The first-order valence-electron chi connectivity index (χ1n) is 13.1. The number of carbonyl (C=O) groups excluding carboxylic acids is 2. The van der Waals surface area contributed by atoms with E-state index in [1.807, 2.05) is 62.4 Å². The molecule has 4 aromatic carbocycles. The molecule has 0 bridgehead atoms. The number of sulfonamides is 1. The number of ether oxygens (including phenoxy) is 1. The molecule has 0 fully saturated rings. The lowest BCUT2D eigenvalue weighted by Gasteiger charge is -2.23. The lowest BCUT2D eigenvalue weighted by atomic mass is 10.1. The lowest BCUT2D eigenvalue weighted by molar-refractivity contribution is -0.118. The van der Waals surface area contributed by atoms with Crippen molar-refractivity contribution in [1.82, 2.24) is 5.43 Å². The third-order valence-corrected chi connectivity index (χ3v) is 7.50. The predicted molar refractivity (Wildman–Crippen MR) is 165 cm³/mol. The van der Waals surface area contributed by atoms with E-state index in [0.29, 0.717) is 28.3 Å². The Kier molecular flexibility index (Phi) is 9.72. The van der Waals surface area contributed by atoms with Crippen LogP contribution < -0.4 is 19.8 Å². The maximum absolute atomic E-state index is 12.6. The van der Waals surface area contributed by atoms with Crippen molar-refractivity contribution in [2.45, 2.75) is 20.4 Å². The summed E-state index contributed by atoms with van der Waals surface area (Å²) in [6, 6.07) is 28.3. The van der Waals surface area contributed by atoms with Gasteiger partial charge in [0.15, 0.2) is 6.61 Å². The second-order valence-electron chi connectivity index (χ2n) is 9.71. The Balaban J connectivity index is 1.29. The molecule has 2 N–H and O–H groups in total. The van der Waals surface area contributed by atoms with Crippen molar-refractivity contribution in [3.63, 3.8) is 0 Å². The Morgan fingerprint density at radius 1 is 0.881 bits per heavy atom. The number of nitrogens with one attached hydrogen (secondary N) is 2. The highest BCUT2D eigenvalue weighted by atomic mass is 32.2. The maximum Gasteiger partial charge on any atom is 0.271 e. The van der Waals surface area contributed by atoms with E-state index in [0.717, 1.165) is 22.9 Å². The Morgan fingerprint density at radius 3 is 2.19 bits per heavy atom. The van der Waals surface area contributed by atoms with Crippen LogP contribution in [0.4, 0.5) is 11.4 Å². The van der Waals surface area contributed by atoms with Crippen LogP contribution in [0.2, 0.25) is 0 Å². The van der Waals surface area contributed by atoms with Gasteiger partial charge in [-0.1, -0.05) is 42.0 Å². The highest BCUT2D eigenvalue weighted by Gasteiger charge is 2.19. The minimum atomic E-state index is -3.56. The largest absolute Gasteiger partial charge is 0.484 e. The number of hydrogen-bond donors (Lipinski definition) is 2. The molecule has 0 aromatic heterocycles. The topological polar surface area (TPSA) is 117 Å². The Bertz CT molecular complexity index is 1670. The van der Waals surface area contributed by atoms with Gasteiger partial charge in [0, 0.05) is 11.3 Å². The number of aryl methyl sites for hydroxylation is 2. The molecule has 10 heteroatoms. The fourth-order valence-electron chi connectivity index (χ4n) is 3.98. The number of carbonyl (C=O) groups is 2. The fraction of sp³-hybridized carbons (Fsp3) is 0.156. The van der Waals surface area contributed by atoms with Gasteiger partial charge in [0.1, 0.15) is 5.75 Å². The summed E-state index contributed by atoms with van der Waals surface area (Å²) in [7, 11) is -3.56. The van der Waals surface area contributed by atoms with E-state index in [-0.39, 0.29) is 19.1 Å². The summed E-state index contributed by atoms with van der Waals surface area (Å²) in [4.78, 5) is 24.7. The first-order chi connectivity index (χ1) is 20.1. The van der Waals surface area contributed by atoms with Crippen LogP contribution in [0.25, 0.3) is 0 Å². The Morgan fingerprint density at radius 2 is 1.55 bits per heavy atom. The van der Waals surface area contributed by atoms with Crippen LogP contribution in [0.5, 0.6) is 5.75 Å². The average Bonchev–Trinajstić information content (AvgIpc) is 2.97. The van der Waals surface area contributed by atoms with Gasteiger partial charge in [-0.25, -0.2) is 13.8 Å². The molecule has 0 saturated heterocycles. The smallest absolute Gasteiger partial charge is 0.271 e. The van der Waals surface area contributed by atoms with Gasteiger partial charge in [0.05, 0.1) is 24.7 Å². The molecule has 2 amide bonds. The first kappa shape index (κ1) is 30.0. The molecule has 0 unspecified atom stereocenters. The van der Waals surface area contributed by atoms with Gasteiger partial charge in [-0.15, -0.1) is 0 Å². The standard InChI is InChI=1S/C32H32N4O5S/c1-23-8-14-28(15-9-23)34-31(37)22-41-30-18-10-25(11-19-30)20-33-35-32(38)26-12-16-29(17-13-26)36(42(3,39)40)21-27-7-5-4-6-24(27)2/h4-20H,21-22H2,1-3H3,(H,34,37)(H,35,38)/b33-20-. The zero-order chi connectivity index (χ0) is 30.1. The number of benzene rings is 4. The molecule has 4 aromatic rings. The summed E-state index contributed by atoms with van der Waals surface area (Å²) < 4.78 is 31.9. The number of nitrogens with zero attached hydrogens (tertiary/aromatic N) is 2. The third kappa shape index (κ3) is 8.52. The number of anilines is 2. The summed E-state index contributed by atoms with van der Waals surface area (Å²) in [5.74, 6) is -0.196. The molecule has 0 saturated carbocycles. The van der Waals surface area contributed by atoms with E-state index in [2.05, 4.69) is 15.8 Å². The van der Waals surface area contributed by atoms with Gasteiger partial charge in [-0.2, -0.15) is 5.10 Å². The highest BCUT2D eigenvalue weighted by Crippen LogP contribution is 2.22. The fourth-order valence-corrected chi connectivity index (χ4v) is 4.86. The minimum absolute atomic E-state index is 0.135. The second kappa shape index (κ2) is 13.6. The van der Waals surface area contributed by atoms with Crippen molar-refractivity contribution in [2.75, 3.05) is 22.5 Å². The minimum Gasteiger partial charge on any atom is -0.484 e. The molecule has 0 radical (unpaired) electrons. The number of hydrogen-bond acceptors (Lipinski definition) is 6. The van der Waals surface area contributed by atoms with Crippen molar-refractivity contribution in [3.05, 3.63) is 125 Å². The average molecular weight is 585 g/mol. The van der Waals surface area contributed by atoms with Crippen molar-refractivity contribution < 1.29 is 22.7 Å². The third-order valence-electron chi connectivity index (χ3n) is 6.36. The van der Waals surface area contributed by atoms with Gasteiger partial charge in [-0.05, 0) is 91.2 Å². The van der Waals surface area contributed by atoms with Crippen LogP contribution in [-0.4, -0.2) is 39.3 Å². The van der Waals surface area contributed by atoms with Crippen LogP contribution in [0.15, 0.2) is 102 Å². The van der Waals surface area contributed by atoms with Crippen LogP contribution in [0, 0.1) is 13.8 Å². The van der Waals surface area contributed by atoms with Crippen LogP contribution in [0.3, 0.4) is 0 Å². The number of amides is 2. The van der Waals surface area contributed by atoms with Crippen molar-refractivity contribution in [3.8, 4) is 5.75 Å². The number of rotatable bonds is 11. The molecule has 216 valence electrons. The molecular formula is C32H32N4O5S. The second-order valence-corrected chi connectivity index (χ2v) is 11.6. The van der Waals surface area contributed by atoms with E-state index in [9.17, 15) is 18.0 Å². The highest BCUT2D eigenvalue weighted by molar-refractivity contribution is 7.92. The Labute approximate surface area is 245 Å². The van der Waals surface area contributed by atoms with Crippen molar-refractivity contribution in [1.29, 1.82) is 0 Å². The summed E-state index contributed by atoms with van der Waals surface area (Å²) in [5.41, 5.74) is 7.65. The first-order valence-corrected chi connectivity index (χ1v) is 15.0. The molecule has 42 heavy (non-hydrogen) atoms. The molecule has 0 heterocycles. The lowest BCUT2D eigenvalue weighted by Crippen LogP contribution is -2.29. The van der Waals surface area contributed by atoms with Gasteiger partial charge in [0.25, 0.3) is 11.8 Å². The van der Waals surface area contributed by atoms with Crippen LogP contribution >= 0.6 is 0 Å². The molecular weight excluding hydrogens is 552 g/mol. The van der Waals surface area contributed by atoms with E-state index in [1.54, 1.807) is 48.5 Å². The van der Waals surface area contributed by atoms with Gasteiger partial charge < -0.3 is 10.1 Å². The van der Waals surface area contributed by atoms with Crippen molar-refractivity contribution in [2.24, 2.45) is 5.10 Å². The van der Waals surface area contributed by atoms with E-state index in [1.165, 1.54) is 10.5 Å². The van der Waals surface area contributed by atoms with Gasteiger partial charge in [-0.3, -0.25) is 13.9 Å². The molecule has 0 aliphatic rings. The van der Waals surface area contributed by atoms with E-state index in [4.69, 9.17) is 4.74 Å². The van der Waals surface area contributed by atoms with Crippen LogP contribution in [0.1, 0.15) is 32.6 Å². The molecule has 0 aliphatic carbocycles. The summed E-state index contributed by atoms with van der Waals surface area (Å²) in [6.45, 7) is 3.96. The SMILES string of the molecule is Cc1ccc(NC(=O)COc2ccc(/C=N\NC(=O)c3ccc(N(Cc4ccccc4C)S(C)(=O)=O)cc3)cc2)cc1. The zero-order valence-corrected chi connectivity index (χ0v) is 24.4. The maximum atomic E-state index is 12.6. The van der Waals surface area contributed by atoms with Gasteiger partial charge >= 0.3 is 0 Å². The van der Waals surface area contributed by atoms with Gasteiger partial charge in [0.2, 0.25) is 10.0 Å². The monoisotopic (exact) mass is 584 g/mol. The normalized spacial score (nSPS) is 11.2. The summed E-state index contributed by atoms with van der Waals surface area (Å²) >= 11 is 0. The quantitative estimate of drug-likeness (QED) is 0.189. The molecule has 0 aliphatic heterocycles. The molecule has 4 rings (SSSR count). The van der Waals surface area contributed by atoms with E-state index < -0.39 is 15.9 Å². The molecule has 0 spiro atoms. The number of hydrazone groups is 1. The van der Waals surface area contributed by atoms with E-state index >= 15 is 0 Å². The molecule has 0 atom stereocenters.